The van der Waals surface area contributed by atoms with Gasteiger partial charge in [-0.15, -0.1) is 0 Å². The first-order valence-electron chi connectivity index (χ1n) is 10.6. The molecule has 0 saturated carbocycles. The molecular weight excluding hydrogens is 420 g/mol. The van der Waals surface area contributed by atoms with Gasteiger partial charge in [0, 0.05) is 37.7 Å². The van der Waals surface area contributed by atoms with E-state index in [1.807, 2.05) is 19.1 Å². The number of sulfonamides is 1. The summed E-state index contributed by atoms with van der Waals surface area (Å²) in [6, 6.07) is 12.8. The second kappa shape index (κ2) is 8.79. The number of hydrogen-bond donors (Lipinski definition) is 0. The lowest BCUT2D eigenvalue weighted by atomic mass is 9.93. The molecule has 0 spiro atoms. The molecule has 5 nitrogen and oxygen atoms in total. The molecule has 7 heteroatoms. The van der Waals surface area contributed by atoms with Crippen LogP contribution in [0.15, 0.2) is 47.4 Å². The quantitative estimate of drug-likeness (QED) is 0.567. The van der Waals surface area contributed by atoms with Gasteiger partial charge in [-0.3, -0.25) is 9.69 Å². The van der Waals surface area contributed by atoms with E-state index in [1.54, 1.807) is 24.3 Å². The molecule has 0 amide bonds. The van der Waals surface area contributed by atoms with Crippen molar-refractivity contribution in [3.8, 4) is 0 Å². The number of Topliss-reactive ketones (excluding diaryl/α,β-unsaturated/α-hetero) is 1. The van der Waals surface area contributed by atoms with Crippen LogP contribution in [-0.4, -0.2) is 49.6 Å². The number of nitrogens with zero attached hydrogens (tertiary/aromatic N) is 2. The summed E-state index contributed by atoms with van der Waals surface area (Å²) in [6.45, 7) is 4.54. The summed E-state index contributed by atoms with van der Waals surface area (Å²) in [7, 11) is -3.60. The number of unbranched alkanes of at least 4 members (excludes halogenated alkanes) is 1. The van der Waals surface area contributed by atoms with Crippen LogP contribution in [0.5, 0.6) is 0 Å². The van der Waals surface area contributed by atoms with E-state index in [2.05, 4.69) is 11.0 Å². The minimum atomic E-state index is -3.60. The van der Waals surface area contributed by atoms with Crippen molar-refractivity contribution in [1.82, 2.24) is 9.21 Å². The average Bonchev–Trinajstić information content (AvgIpc) is 3.08. The minimum Gasteiger partial charge on any atom is -0.296 e. The number of carbonyl (C=O) groups is 1. The van der Waals surface area contributed by atoms with Gasteiger partial charge in [-0.2, -0.15) is 4.31 Å². The van der Waals surface area contributed by atoms with Gasteiger partial charge in [-0.05, 0) is 49.1 Å². The van der Waals surface area contributed by atoms with Crippen molar-refractivity contribution >= 4 is 27.4 Å². The molecule has 1 atom stereocenters. The average molecular weight is 447 g/mol. The zero-order chi connectivity index (χ0) is 21.3. The second-order valence-corrected chi connectivity index (χ2v) is 10.3. The van der Waals surface area contributed by atoms with E-state index < -0.39 is 10.0 Å². The lowest BCUT2D eigenvalue weighted by Crippen LogP contribution is -2.36. The van der Waals surface area contributed by atoms with Crippen molar-refractivity contribution < 1.29 is 13.2 Å². The van der Waals surface area contributed by atoms with E-state index in [0.29, 0.717) is 19.5 Å². The molecule has 0 fully saturated rings. The summed E-state index contributed by atoms with van der Waals surface area (Å²) in [5, 5.41) is 0.254. The summed E-state index contributed by atoms with van der Waals surface area (Å²) in [5.41, 5.74) is 3.43. The highest BCUT2D eigenvalue weighted by Crippen LogP contribution is 2.41. The molecule has 4 rings (SSSR count). The molecule has 0 saturated heterocycles. The van der Waals surface area contributed by atoms with Crippen LogP contribution >= 0.6 is 11.6 Å². The molecule has 0 radical (unpaired) electrons. The third kappa shape index (κ3) is 3.94. The van der Waals surface area contributed by atoms with Crippen molar-refractivity contribution in [3.63, 3.8) is 0 Å². The summed E-state index contributed by atoms with van der Waals surface area (Å²) in [6.07, 6.45) is 3.18. The highest BCUT2D eigenvalue weighted by Gasteiger charge is 2.37. The Kier molecular flexibility index (Phi) is 6.30. The maximum atomic E-state index is 13.0. The first-order valence-corrected chi connectivity index (χ1v) is 12.4. The van der Waals surface area contributed by atoms with Crippen molar-refractivity contribution in [1.29, 1.82) is 0 Å². The van der Waals surface area contributed by atoms with Crippen LogP contribution in [0.1, 0.15) is 53.7 Å². The molecule has 1 heterocycles. The van der Waals surface area contributed by atoms with E-state index in [9.17, 15) is 13.2 Å². The number of halogens is 1. The molecule has 2 aromatic carbocycles. The molecule has 0 bridgehead atoms. The van der Waals surface area contributed by atoms with Crippen LogP contribution in [0.4, 0.5) is 0 Å². The first-order chi connectivity index (χ1) is 14.4. The third-order valence-corrected chi connectivity index (χ3v) is 8.70. The monoisotopic (exact) mass is 446 g/mol. The highest BCUT2D eigenvalue weighted by atomic mass is 35.5. The van der Waals surface area contributed by atoms with Gasteiger partial charge in [0.15, 0.2) is 5.78 Å². The smallest absolute Gasteiger partial charge is 0.244 e. The van der Waals surface area contributed by atoms with Gasteiger partial charge in [0.25, 0.3) is 0 Å². The molecule has 0 N–H and O–H groups in total. The molecule has 2 aromatic rings. The van der Waals surface area contributed by atoms with Crippen LogP contribution in [0.3, 0.4) is 0 Å². The Morgan fingerprint density at radius 2 is 1.93 bits per heavy atom. The summed E-state index contributed by atoms with van der Waals surface area (Å²) >= 11 is 6.12. The predicted molar refractivity (Wildman–Crippen MR) is 119 cm³/mol. The lowest BCUT2D eigenvalue weighted by molar-refractivity contribution is 0.0947. The van der Waals surface area contributed by atoms with E-state index in [0.717, 1.165) is 37.9 Å². The van der Waals surface area contributed by atoms with Crippen LogP contribution < -0.4 is 0 Å². The van der Waals surface area contributed by atoms with Gasteiger partial charge >= 0.3 is 0 Å². The summed E-state index contributed by atoms with van der Waals surface area (Å²) in [4.78, 5) is 14.9. The summed E-state index contributed by atoms with van der Waals surface area (Å²) < 4.78 is 27.4. The predicted octanol–water partition coefficient (Wildman–Crippen LogP) is 4.32. The normalized spacial score (nSPS) is 18.8. The van der Waals surface area contributed by atoms with Gasteiger partial charge in [0.2, 0.25) is 10.0 Å². The molecule has 1 aliphatic heterocycles. The topological polar surface area (TPSA) is 57.7 Å². The minimum absolute atomic E-state index is 0.165. The van der Waals surface area contributed by atoms with Gasteiger partial charge in [-0.1, -0.05) is 48.9 Å². The van der Waals surface area contributed by atoms with Crippen LogP contribution in [0.2, 0.25) is 5.02 Å². The number of ketones is 1. The lowest BCUT2D eigenvalue weighted by Gasteiger charge is -2.34. The van der Waals surface area contributed by atoms with E-state index in [4.69, 9.17) is 11.6 Å². The van der Waals surface area contributed by atoms with Crippen molar-refractivity contribution in [3.05, 3.63) is 64.2 Å². The zero-order valence-corrected chi connectivity index (χ0v) is 18.8. The molecule has 1 unspecified atom stereocenters. The Bertz CT molecular complexity index is 1050. The fourth-order valence-corrected chi connectivity index (χ4v) is 6.68. The summed E-state index contributed by atoms with van der Waals surface area (Å²) in [5.74, 6) is 0.242. The Morgan fingerprint density at radius 1 is 1.13 bits per heavy atom. The molecule has 30 heavy (non-hydrogen) atoms. The largest absolute Gasteiger partial charge is 0.296 e. The Labute approximate surface area is 183 Å². The fraction of sp³-hybridized carbons (Fsp3) is 0.435. The van der Waals surface area contributed by atoms with E-state index >= 15 is 0 Å². The fourth-order valence-electron chi connectivity index (χ4n) is 4.70. The maximum Gasteiger partial charge on any atom is 0.244 e. The Hall–Kier alpha value is -1.73. The number of rotatable bonds is 8. The molecule has 160 valence electrons. The molecule has 1 aliphatic carbocycles. The Morgan fingerprint density at radius 3 is 2.70 bits per heavy atom. The molecular formula is C23H27ClN2O3S. The molecule has 0 aromatic heterocycles. The SMILES string of the molecule is CCN(CCCCN1CCc2cccc3c2C1CC3=O)S(=O)(=O)c1ccccc1Cl. The van der Waals surface area contributed by atoms with Gasteiger partial charge in [-0.25, -0.2) is 8.42 Å². The van der Waals surface area contributed by atoms with Crippen molar-refractivity contribution in [2.24, 2.45) is 0 Å². The van der Waals surface area contributed by atoms with Gasteiger partial charge in [0.05, 0.1) is 5.02 Å². The van der Waals surface area contributed by atoms with Crippen LogP contribution in [0, 0.1) is 0 Å². The van der Waals surface area contributed by atoms with Crippen molar-refractivity contribution in [2.45, 2.75) is 43.5 Å². The van der Waals surface area contributed by atoms with E-state index in [-0.39, 0.29) is 21.7 Å². The maximum absolute atomic E-state index is 13.0. The van der Waals surface area contributed by atoms with Crippen molar-refractivity contribution in [2.75, 3.05) is 26.2 Å². The van der Waals surface area contributed by atoms with Gasteiger partial charge < -0.3 is 0 Å². The standard InChI is InChI=1S/C23H27ClN2O3S/c1-2-26(30(28,29)22-11-4-3-10-19(22)24)14-6-5-13-25-15-12-17-8-7-9-18-21(27)16-20(25)23(17)18/h3-4,7-11,20H,2,5-6,12-16H2,1H3. The first kappa shape index (κ1) is 21.5. The van der Waals surface area contributed by atoms with Crippen LogP contribution in [-0.2, 0) is 16.4 Å². The van der Waals surface area contributed by atoms with Crippen LogP contribution in [0.25, 0.3) is 0 Å². The number of benzene rings is 2. The van der Waals surface area contributed by atoms with E-state index in [1.165, 1.54) is 15.4 Å². The number of hydrogen-bond acceptors (Lipinski definition) is 4. The molecule has 2 aliphatic rings. The number of carbonyl (C=O) groups excluding carboxylic acids is 1. The third-order valence-electron chi connectivity index (χ3n) is 6.23. The highest BCUT2D eigenvalue weighted by molar-refractivity contribution is 7.89. The van der Waals surface area contributed by atoms with Gasteiger partial charge in [0.1, 0.15) is 4.90 Å². The zero-order valence-electron chi connectivity index (χ0n) is 17.2. The second-order valence-electron chi connectivity index (χ2n) is 7.94. The Balaban J connectivity index is 1.36.